The van der Waals surface area contributed by atoms with Crippen LogP contribution in [0.2, 0.25) is 5.15 Å². The summed E-state index contributed by atoms with van der Waals surface area (Å²) in [6.07, 6.45) is 1.26. The SMILES string of the molecule is Cc1nc(C)c(C(=O)Nc2cc(Cl)ncn2)o1. The molecule has 1 amide bonds. The predicted octanol–water partition coefficient (Wildman–Crippen LogP) is 1.99. The van der Waals surface area contributed by atoms with Crippen LogP contribution in [0.15, 0.2) is 16.8 Å². The van der Waals surface area contributed by atoms with Crippen LogP contribution in [0.25, 0.3) is 0 Å². The molecule has 0 spiro atoms. The number of hydrogen-bond donors (Lipinski definition) is 1. The van der Waals surface area contributed by atoms with Crippen molar-refractivity contribution >= 4 is 23.3 Å². The first kappa shape index (κ1) is 11.5. The summed E-state index contributed by atoms with van der Waals surface area (Å²) in [7, 11) is 0. The Kier molecular flexibility index (Phi) is 3.06. The molecule has 6 nitrogen and oxygen atoms in total. The van der Waals surface area contributed by atoms with Crippen molar-refractivity contribution in [2.24, 2.45) is 0 Å². The monoisotopic (exact) mass is 252 g/mol. The van der Waals surface area contributed by atoms with Crippen molar-refractivity contribution in [3.8, 4) is 0 Å². The number of carbonyl (C=O) groups is 1. The maximum Gasteiger partial charge on any atom is 0.294 e. The van der Waals surface area contributed by atoms with Crippen LogP contribution in [-0.2, 0) is 0 Å². The number of rotatable bonds is 2. The third-order valence-corrected chi connectivity index (χ3v) is 2.19. The minimum atomic E-state index is -0.419. The standard InChI is InChI=1S/C10H9ClN4O2/c1-5-9(17-6(2)14-5)10(16)15-8-3-7(11)12-4-13-8/h3-4H,1-2H3,(H,12,13,15,16). The third kappa shape index (κ3) is 2.59. The van der Waals surface area contributed by atoms with Gasteiger partial charge in [0.2, 0.25) is 5.76 Å². The molecule has 2 aromatic heterocycles. The molecule has 2 aromatic rings. The molecular weight excluding hydrogens is 244 g/mol. The molecule has 2 rings (SSSR count). The van der Waals surface area contributed by atoms with E-state index in [4.69, 9.17) is 16.0 Å². The first-order chi connectivity index (χ1) is 8.06. The minimum Gasteiger partial charge on any atom is -0.436 e. The summed E-state index contributed by atoms with van der Waals surface area (Å²) in [5, 5.41) is 2.80. The van der Waals surface area contributed by atoms with Crippen LogP contribution in [-0.4, -0.2) is 20.9 Å². The van der Waals surface area contributed by atoms with Crippen LogP contribution in [0.3, 0.4) is 0 Å². The van der Waals surface area contributed by atoms with E-state index in [1.807, 2.05) is 0 Å². The fourth-order valence-corrected chi connectivity index (χ4v) is 1.46. The lowest BCUT2D eigenvalue weighted by Gasteiger charge is -2.01. The molecule has 0 unspecified atom stereocenters. The summed E-state index contributed by atoms with van der Waals surface area (Å²) in [5.74, 6) is 0.493. The van der Waals surface area contributed by atoms with Gasteiger partial charge in [-0.25, -0.2) is 15.0 Å². The number of hydrogen-bond acceptors (Lipinski definition) is 5. The van der Waals surface area contributed by atoms with Crippen molar-refractivity contribution in [1.29, 1.82) is 0 Å². The van der Waals surface area contributed by atoms with E-state index in [0.29, 0.717) is 17.4 Å². The molecule has 0 aromatic carbocycles. The molecule has 0 bridgehead atoms. The highest BCUT2D eigenvalue weighted by atomic mass is 35.5. The van der Waals surface area contributed by atoms with Crippen LogP contribution < -0.4 is 5.32 Å². The van der Waals surface area contributed by atoms with Gasteiger partial charge in [0.25, 0.3) is 5.91 Å². The summed E-state index contributed by atoms with van der Waals surface area (Å²) >= 11 is 5.67. The van der Waals surface area contributed by atoms with Crippen molar-refractivity contribution < 1.29 is 9.21 Å². The van der Waals surface area contributed by atoms with Gasteiger partial charge in [-0.15, -0.1) is 0 Å². The highest BCUT2D eigenvalue weighted by molar-refractivity contribution is 6.29. The average molecular weight is 253 g/mol. The predicted molar refractivity (Wildman–Crippen MR) is 61.0 cm³/mol. The molecule has 2 heterocycles. The molecule has 0 saturated carbocycles. The first-order valence-corrected chi connectivity index (χ1v) is 5.17. The van der Waals surface area contributed by atoms with E-state index in [2.05, 4.69) is 20.3 Å². The maximum atomic E-state index is 11.8. The maximum absolute atomic E-state index is 11.8. The van der Waals surface area contributed by atoms with Gasteiger partial charge in [-0.1, -0.05) is 11.6 Å². The molecule has 0 atom stereocenters. The molecule has 1 N–H and O–H groups in total. The van der Waals surface area contributed by atoms with Crippen LogP contribution >= 0.6 is 11.6 Å². The van der Waals surface area contributed by atoms with Gasteiger partial charge in [0.1, 0.15) is 17.3 Å². The smallest absolute Gasteiger partial charge is 0.294 e. The number of aryl methyl sites for hydroxylation is 2. The van der Waals surface area contributed by atoms with Crippen molar-refractivity contribution in [3.63, 3.8) is 0 Å². The van der Waals surface area contributed by atoms with Gasteiger partial charge < -0.3 is 9.73 Å². The number of aromatic nitrogens is 3. The number of nitrogens with one attached hydrogen (secondary N) is 1. The number of carbonyl (C=O) groups excluding carboxylic acids is 1. The van der Waals surface area contributed by atoms with Gasteiger partial charge in [-0.05, 0) is 6.92 Å². The second-order valence-corrected chi connectivity index (χ2v) is 3.71. The Morgan fingerprint density at radius 1 is 1.41 bits per heavy atom. The molecule has 0 radical (unpaired) electrons. The molecule has 88 valence electrons. The first-order valence-electron chi connectivity index (χ1n) is 4.79. The largest absolute Gasteiger partial charge is 0.436 e. The van der Waals surface area contributed by atoms with Crippen LogP contribution in [0.1, 0.15) is 22.1 Å². The number of halogens is 1. The summed E-state index contributed by atoms with van der Waals surface area (Å²) in [5.41, 5.74) is 0.528. The van der Waals surface area contributed by atoms with Gasteiger partial charge in [0.05, 0.1) is 5.69 Å². The number of anilines is 1. The zero-order valence-electron chi connectivity index (χ0n) is 9.19. The highest BCUT2D eigenvalue weighted by Gasteiger charge is 2.16. The topological polar surface area (TPSA) is 80.9 Å². The molecule has 0 fully saturated rings. The number of nitrogens with zero attached hydrogens (tertiary/aromatic N) is 3. The zero-order valence-corrected chi connectivity index (χ0v) is 9.95. The number of oxazole rings is 1. The zero-order chi connectivity index (χ0) is 12.4. The minimum absolute atomic E-state index is 0.164. The van der Waals surface area contributed by atoms with E-state index in [1.165, 1.54) is 12.4 Å². The van der Waals surface area contributed by atoms with Crippen LogP contribution in [0.5, 0.6) is 0 Å². The third-order valence-electron chi connectivity index (χ3n) is 1.99. The molecule has 0 aliphatic heterocycles. The Balaban J connectivity index is 2.20. The Morgan fingerprint density at radius 2 is 2.18 bits per heavy atom. The van der Waals surface area contributed by atoms with Gasteiger partial charge >= 0.3 is 0 Å². The van der Waals surface area contributed by atoms with E-state index in [0.717, 1.165) is 0 Å². The summed E-state index contributed by atoms with van der Waals surface area (Å²) < 4.78 is 5.18. The lowest BCUT2D eigenvalue weighted by atomic mass is 10.3. The fourth-order valence-electron chi connectivity index (χ4n) is 1.32. The van der Waals surface area contributed by atoms with Crippen LogP contribution in [0, 0.1) is 13.8 Å². The van der Waals surface area contributed by atoms with Crippen molar-refractivity contribution in [3.05, 3.63) is 34.9 Å². The molecule has 0 aliphatic carbocycles. The molecule has 7 heteroatoms. The van der Waals surface area contributed by atoms with Crippen molar-refractivity contribution in [2.45, 2.75) is 13.8 Å². The molecule has 0 aliphatic rings. The van der Waals surface area contributed by atoms with Crippen molar-refractivity contribution in [1.82, 2.24) is 15.0 Å². The van der Waals surface area contributed by atoms with E-state index in [9.17, 15) is 4.79 Å². The van der Waals surface area contributed by atoms with Crippen molar-refractivity contribution in [2.75, 3.05) is 5.32 Å². The van der Waals surface area contributed by atoms with E-state index in [-0.39, 0.29) is 10.9 Å². The fraction of sp³-hybridized carbons (Fsp3) is 0.200. The summed E-state index contributed by atoms with van der Waals surface area (Å²) in [6.45, 7) is 3.36. The average Bonchev–Trinajstić information content (AvgIpc) is 2.58. The Morgan fingerprint density at radius 3 is 2.76 bits per heavy atom. The normalized spacial score (nSPS) is 10.3. The van der Waals surface area contributed by atoms with E-state index < -0.39 is 5.91 Å². The van der Waals surface area contributed by atoms with Gasteiger partial charge in [0, 0.05) is 13.0 Å². The highest BCUT2D eigenvalue weighted by Crippen LogP contribution is 2.13. The summed E-state index contributed by atoms with van der Waals surface area (Å²) in [4.78, 5) is 23.4. The lowest BCUT2D eigenvalue weighted by Crippen LogP contribution is -2.13. The van der Waals surface area contributed by atoms with Gasteiger partial charge in [0.15, 0.2) is 5.89 Å². The van der Waals surface area contributed by atoms with E-state index in [1.54, 1.807) is 13.8 Å². The Hall–Kier alpha value is -1.95. The number of amides is 1. The second-order valence-electron chi connectivity index (χ2n) is 3.33. The molecule has 0 saturated heterocycles. The van der Waals surface area contributed by atoms with Gasteiger partial charge in [-0.2, -0.15) is 0 Å². The Bertz CT molecular complexity index is 567. The van der Waals surface area contributed by atoms with Gasteiger partial charge in [-0.3, -0.25) is 4.79 Å². The summed E-state index contributed by atoms with van der Waals surface area (Å²) in [6, 6.07) is 1.44. The Labute approximate surface area is 102 Å². The lowest BCUT2D eigenvalue weighted by molar-refractivity contribution is 0.0994. The van der Waals surface area contributed by atoms with E-state index >= 15 is 0 Å². The second kappa shape index (κ2) is 4.50. The van der Waals surface area contributed by atoms with Crippen LogP contribution in [0.4, 0.5) is 5.82 Å². The molecule has 17 heavy (non-hydrogen) atoms. The molecular formula is C10H9ClN4O2. The quantitative estimate of drug-likeness (QED) is 0.827.